The third-order valence-corrected chi connectivity index (χ3v) is 5.88. The quantitative estimate of drug-likeness (QED) is 0.400. The largest absolute Gasteiger partial charge is 0.507 e. The summed E-state index contributed by atoms with van der Waals surface area (Å²) in [5.74, 6) is 0.612. The van der Waals surface area contributed by atoms with E-state index in [-0.39, 0.29) is 22.4 Å². The number of H-pyrrole nitrogens is 1. The molecule has 0 amide bonds. The Morgan fingerprint density at radius 2 is 1.62 bits per heavy atom. The van der Waals surface area contributed by atoms with Crippen molar-refractivity contribution < 1.29 is 9.90 Å². The maximum atomic E-state index is 13.0. The van der Waals surface area contributed by atoms with Crippen LogP contribution in [0.25, 0.3) is 11.0 Å². The average molecular weight is 411 g/mol. The molecule has 0 radical (unpaired) electrons. The molecule has 0 aliphatic heterocycles. The molecule has 29 heavy (non-hydrogen) atoms. The number of phenolic OH excluding ortho intramolecular Hbond substituents is 1. The highest BCUT2D eigenvalue weighted by Gasteiger charge is 2.27. The number of ketones is 1. The molecule has 4 nitrogen and oxygen atoms in total. The highest BCUT2D eigenvalue weighted by atomic mass is 32.2. The van der Waals surface area contributed by atoms with E-state index < -0.39 is 0 Å². The fourth-order valence-corrected chi connectivity index (χ4v) is 4.10. The Morgan fingerprint density at radius 3 is 2.17 bits per heavy atom. The van der Waals surface area contributed by atoms with Gasteiger partial charge in [0.15, 0.2) is 10.9 Å². The van der Waals surface area contributed by atoms with Crippen molar-refractivity contribution in [1.82, 2.24) is 9.97 Å². The molecule has 0 unspecified atom stereocenters. The fourth-order valence-electron chi connectivity index (χ4n) is 3.32. The van der Waals surface area contributed by atoms with E-state index >= 15 is 0 Å². The second-order valence-electron chi connectivity index (χ2n) is 9.69. The van der Waals surface area contributed by atoms with Crippen molar-refractivity contribution in [2.75, 3.05) is 5.75 Å². The predicted molar refractivity (Wildman–Crippen MR) is 121 cm³/mol. The van der Waals surface area contributed by atoms with Crippen LogP contribution in [-0.4, -0.2) is 26.6 Å². The van der Waals surface area contributed by atoms with Crippen LogP contribution in [0.3, 0.4) is 0 Å². The van der Waals surface area contributed by atoms with Crippen molar-refractivity contribution in [2.24, 2.45) is 0 Å². The molecule has 154 valence electrons. The zero-order valence-electron chi connectivity index (χ0n) is 18.3. The second kappa shape index (κ2) is 7.52. The van der Waals surface area contributed by atoms with Gasteiger partial charge < -0.3 is 10.1 Å². The van der Waals surface area contributed by atoms with Crippen molar-refractivity contribution in [3.05, 3.63) is 52.6 Å². The minimum Gasteiger partial charge on any atom is -0.507 e. The summed E-state index contributed by atoms with van der Waals surface area (Å²) in [7, 11) is 0. The number of thioether (sulfide) groups is 1. The van der Waals surface area contributed by atoms with Gasteiger partial charge >= 0.3 is 0 Å². The molecule has 3 rings (SSSR count). The first-order valence-corrected chi connectivity index (χ1v) is 10.8. The van der Waals surface area contributed by atoms with Crippen LogP contribution in [0, 0.1) is 6.92 Å². The molecule has 1 aromatic heterocycles. The van der Waals surface area contributed by atoms with Gasteiger partial charge in [0.25, 0.3) is 0 Å². The third kappa shape index (κ3) is 4.67. The number of nitrogens with one attached hydrogen (secondary N) is 1. The van der Waals surface area contributed by atoms with E-state index in [1.54, 1.807) is 0 Å². The number of benzene rings is 2. The lowest BCUT2D eigenvalue weighted by Crippen LogP contribution is -2.19. The minimum atomic E-state index is -0.260. The average Bonchev–Trinajstić information content (AvgIpc) is 2.99. The molecular formula is C24H30N2O2S. The summed E-state index contributed by atoms with van der Waals surface area (Å²) in [4.78, 5) is 20.9. The molecule has 2 N–H and O–H groups in total. The van der Waals surface area contributed by atoms with Gasteiger partial charge in [-0.25, -0.2) is 4.98 Å². The van der Waals surface area contributed by atoms with Crippen molar-refractivity contribution in [3.8, 4) is 5.75 Å². The van der Waals surface area contributed by atoms with Crippen molar-refractivity contribution in [2.45, 2.75) is 64.5 Å². The van der Waals surface area contributed by atoms with Gasteiger partial charge in [-0.2, -0.15) is 0 Å². The number of aryl methyl sites for hydroxylation is 1. The number of Topliss-reactive ketones (excluding diaryl/α,β-unsaturated/α-hetero) is 1. The summed E-state index contributed by atoms with van der Waals surface area (Å²) in [6.45, 7) is 14.3. The van der Waals surface area contributed by atoms with Gasteiger partial charge in [0.1, 0.15) is 5.75 Å². The maximum Gasteiger partial charge on any atom is 0.173 e. The fraction of sp³-hybridized carbons (Fsp3) is 0.417. The van der Waals surface area contributed by atoms with E-state index in [4.69, 9.17) is 0 Å². The van der Waals surface area contributed by atoms with Crippen molar-refractivity contribution in [1.29, 1.82) is 0 Å². The van der Waals surface area contributed by atoms with Crippen LogP contribution in [0.15, 0.2) is 35.5 Å². The van der Waals surface area contributed by atoms with Crippen LogP contribution in [0.5, 0.6) is 5.75 Å². The van der Waals surface area contributed by atoms with Crippen LogP contribution < -0.4 is 0 Å². The topological polar surface area (TPSA) is 66.0 Å². The lowest BCUT2D eigenvalue weighted by molar-refractivity contribution is 0.102. The summed E-state index contributed by atoms with van der Waals surface area (Å²) in [5.41, 5.74) is 4.78. The van der Waals surface area contributed by atoms with Gasteiger partial charge in [-0.3, -0.25) is 4.79 Å². The molecule has 0 saturated carbocycles. The van der Waals surface area contributed by atoms with E-state index in [2.05, 4.69) is 16.0 Å². The molecule has 5 heteroatoms. The number of hydrogen-bond acceptors (Lipinski definition) is 4. The molecule has 1 heterocycles. The van der Waals surface area contributed by atoms with E-state index in [0.29, 0.717) is 11.3 Å². The van der Waals surface area contributed by atoms with E-state index in [0.717, 1.165) is 27.3 Å². The number of rotatable bonds is 4. The zero-order valence-corrected chi connectivity index (χ0v) is 19.1. The molecule has 2 aromatic carbocycles. The molecule has 0 spiro atoms. The smallest absolute Gasteiger partial charge is 0.173 e. The number of phenols is 1. The lowest BCUT2D eigenvalue weighted by atomic mass is 9.78. The lowest BCUT2D eigenvalue weighted by Gasteiger charge is -2.28. The first-order valence-electron chi connectivity index (χ1n) is 9.86. The van der Waals surface area contributed by atoms with Gasteiger partial charge in [-0.05, 0) is 47.6 Å². The Labute approximate surface area is 177 Å². The summed E-state index contributed by atoms with van der Waals surface area (Å²) >= 11 is 1.41. The number of nitrogens with zero attached hydrogens (tertiary/aromatic N) is 1. The Balaban J connectivity index is 1.89. The van der Waals surface area contributed by atoms with Crippen molar-refractivity contribution >= 4 is 28.6 Å². The molecule has 3 aromatic rings. The standard InChI is InChI=1S/C24H30N2O2S/c1-14-8-9-18-19(10-14)26-22(25-18)29-13-20(27)15-11-16(23(2,3)4)21(28)17(12-15)24(5,6)7/h8-12,28H,13H2,1-7H3,(H,25,26). The molecule has 0 fully saturated rings. The second-order valence-corrected chi connectivity index (χ2v) is 10.7. The maximum absolute atomic E-state index is 13.0. The van der Waals surface area contributed by atoms with Crippen LogP contribution in [0.2, 0.25) is 0 Å². The summed E-state index contributed by atoms with van der Waals surface area (Å²) in [5, 5.41) is 11.6. The van der Waals surface area contributed by atoms with E-state index in [9.17, 15) is 9.90 Å². The summed E-state index contributed by atoms with van der Waals surface area (Å²) in [6, 6.07) is 9.75. The number of carbonyl (C=O) groups excluding carboxylic acids is 1. The molecule has 0 aliphatic carbocycles. The first kappa shape index (κ1) is 21.4. The first-order chi connectivity index (χ1) is 13.4. The van der Waals surface area contributed by atoms with Gasteiger partial charge in [-0.1, -0.05) is 59.4 Å². The van der Waals surface area contributed by atoms with Gasteiger partial charge in [0.2, 0.25) is 0 Å². The Hall–Kier alpha value is -2.27. The molecule has 0 aliphatic rings. The summed E-state index contributed by atoms with van der Waals surface area (Å²) < 4.78 is 0. The SMILES string of the molecule is Cc1ccc2nc(SCC(=O)c3cc(C(C)(C)C)c(O)c(C(C)(C)C)c3)[nH]c2c1. The van der Waals surface area contributed by atoms with Crippen LogP contribution in [0.1, 0.15) is 68.6 Å². The normalized spacial score (nSPS) is 12.5. The Morgan fingerprint density at radius 1 is 1.03 bits per heavy atom. The number of aromatic amines is 1. The third-order valence-electron chi connectivity index (χ3n) is 5.00. The van der Waals surface area contributed by atoms with Crippen LogP contribution >= 0.6 is 11.8 Å². The monoisotopic (exact) mass is 410 g/mol. The predicted octanol–water partition coefficient (Wildman–Crippen LogP) is 6.15. The van der Waals surface area contributed by atoms with Crippen LogP contribution in [-0.2, 0) is 10.8 Å². The number of hydrogen-bond donors (Lipinski definition) is 2. The summed E-state index contributed by atoms with van der Waals surface area (Å²) in [6.07, 6.45) is 0. The Bertz CT molecular complexity index is 1030. The van der Waals surface area contributed by atoms with Crippen molar-refractivity contribution in [3.63, 3.8) is 0 Å². The molecule has 0 bridgehead atoms. The van der Waals surface area contributed by atoms with Gasteiger partial charge in [0, 0.05) is 16.7 Å². The molecular weight excluding hydrogens is 380 g/mol. The number of aromatic hydroxyl groups is 1. The van der Waals surface area contributed by atoms with Crippen LogP contribution in [0.4, 0.5) is 0 Å². The number of fused-ring (bicyclic) bond motifs is 1. The zero-order chi connectivity index (χ0) is 21.6. The van der Waals surface area contributed by atoms with E-state index in [1.807, 2.05) is 72.7 Å². The highest BCUT2D eigenvalue weighted by Crippen LogP contribution is 2.40. The number of imidazole rings is 1. The molecule has 0 saturated heterocycles. The number of aromatic nitrogens is 2. The Kier molecular flexibility index (Phi) is 5.56. The van der Waals surface area contributed by atoms with Gasteiger partial charge in [0.05, 0.1) is 16.8 Å². The highest BCUT2D eigenvalue weighted by molar-refractivity contribution is 7.99. The minimum absolute atomic E-state index is 0.0302. The van der Waals surface area contributed by atoms with Gasteiger partial charge in [-0.15, -0.1) is 0 Å². The van der Waals surface area contributed by atoms with E-state index in [1.165, 1.54) is 17.3 Å². The molecule has 0 atom stereocenters. The number of carbonyl (C=O) groups is 1.